The molecule has 1 aromatic heterocycles. The molecule has 1 fully saturated rings. The lowest BCUT2D eigenvalue weighted by atomic mass is 10.1. The lowest BCUT2D eigenvalue weighted by molar-refractivity contribution is -0.384. The van der Waals surface area contributed by atoms with E-state index in [-0.39, 0.29) is 10.6 Å². The van der Waals surface area contributed by atoms with Gasteiger partial charge in [0, 0.05) is 40.7 Å². The Hall–Kier alpha value is -1.82. The molecule has 0 amide bonds. The highest BCUT2D eigenvalue weighted by molar-refractivity contribution is 8.00. The summed E-state index contributed by atoms with van der Waals surface area (Å²) in [6.45, 7) is 2.84. The summed E-state index contributed by atoms with van der Waals surface area (Å²) in [5.74, 6) is 1.23. The topological polar surface area (TPSA) is 68.1 Å². The summed E-state index contributed by atoms with van der Waals surface area (Å²) in [5.41, 5.74) is 2.75. The van der Waals surface area contributed by atoms with E-state index in [4.69, 9.17) is 0 Å². The maximum absolute atomic E-state index is 11.0. The van der Waals surface area contributed by atoms with Crippen molar-refractivity contribution in [1.29, 1.82) is 0 Å². The van der Waals surface area contributed by atoms with Crippen LogP contribution in [0.15, 0.2) is 24.3 Å². The molecule has 2 aromatic rings. The van der Waals surface area contributed by atoms with E-state index in [0.717, 1.165) is 28.8 Å². The Morgan fingerprint density at radius 3 is 3.05 bits per heavy atom. The molecule has 0 aliphatic carbocycles. The van der Waals surface area contributed by atoms with Crippen molar-refractivity contribution in [2.24, 2.45) is 0 Å². The number of non-ortho nitro benzene ring substituents is 1. The van der Waals surface area contributed by atoms with Crippen LogP contribution in [0.25, 0.3) is 10.9 Å². The first kappa shape index (κ1) is 14.1. The van der Waals surface area contributed by atoms with Crippen LogP contribution in [0.1, 0.15) is 18.5 Å². The van der Waals surface area contributed by atoms with Crippen molar-refractivity contribution in [1.82, 2.24) is 4.98 Å². The number of hydrogen-bond acceptors (Lipinski definition) is 5. The van der Waals surface area contributed by atoms with Crippen LogP contribution in [-0.2, 0) is 0 Å². The van der Waals surface area contributed by atoms with Gasteiger partial charge in [-0.25, -0.2) is 0 Å². The molecular formula is C15H17N3O2S. The highest BCUT2D eigenvalue weighted by Crippen LogP contribution is 2.30. The lowest BCUT2D eigenvalue weighted by Crippen LogP contribution is -2.14. The van der Waals surface area contributed by atoms with Crippen LogP contribution >= 0.6 is 11.8 Å². The largest absolute Gasteiger partial charge is 0.383 e. The second-order valence-electron chi connectivity index (χ2n) is 5.29. The number of aromatic nitrogens is 1. The van der Waals surface area contributed by atoms with E-state index < -0.39 is 0 Å². The average molecular weight is 303 g/mol. The van der Waals surface area contributed by atoms with Crippen molar-refractivity contribution in [3.63, 3.8) is 0 Å². The standard InChI is InChI=1S/C15H17N3O2S/c1-10-7-15(16-9-12-3-2-6-21-12)13-8-11(18(19)20)4-5-14(13)17-10/h4-5,7-8,12H,2-3,6,9H2,1H3,(H,16,17). The van der Waals surface area contributed by atoms with E-state index in [9.17, 15) is 10.1 Å². The fraction of sp³-hybridized carbons (Fsp3) is 0.400. The smallest absolute Gasteiger partial charge is 0.270 e. The fourth-order valence-corrected chi connectivity index (χ4v) is 3.84. The monoisotopic (exact) mass is 303 g/mol. The van der Waals surface area contributed by atoms with Gasteiger partial charge in [0.1, 0.15) is 0 Å². The number of rotatable bonds is 4. The minimum Gasteiger partial charge on any atom is -0.383 e. The number of thioether (sulfide) groups is 1. The minimum atomic E-state index is -0.365. The van der Waals surface area contributed by atoms with E-state index in [0.29, 0.717) is 5.25 Å². The molecule has 3 rings (SSSR count). The summed E-state index contributed by atoms with van der Waals surface area (Å²) in [5, 5.41) is 15.9. The Morgan fingerprint density at radius 2 is 2.33 bits per heavy atom. The number of anilines is 1. The Labute approximate surface area is 127 Å². The first-order chi connectivity index (χ1) is 10.1. The molecule has 0 spiro atoms. The first-order valence-electron chi connectivity index (χ1n) is 7.05. The van der Waals surface area contributed by atoms with Gasteiger partial charge < -0.3 is 5.32 Å². The molecule has 0 saturated carbocycles. The molecule has 1 aliphatic heterocycles. The normalized spacial score (nSPS) is 18.0. The second-order valence-corrected chi connectivity index (χ2v) is 6.69. The zero-order valence-electron chi connectivity index (χ0n) is 11.8. The number of benzene rings is 1. The number of fused-ring (bicyclic) bond motifs is 1. The van der Waals surface area contributed by atoms with Crippen LogP contribution in [0, 0.1) is 17.0 Å². The quantitative estimate of drug-likeness (QED) is 0.688. The SMILES string of the molecule is Cc1cc(NCC2CCCS2)c2cc([N+](=O)[O-])ccc2n1. The molecular weight excluding hydrogens is 286 g/mol. The highest BCUT2D eigenvalue weighted by Gasteiger charge is 2.16. The van der Waals surface area contributed by atoms with Gasteiger partial charge in [-0.2, -0.15) is 11.8 Å². The summed E-state index contributed by atoms with van der Waals surface area (Å²) < 4.78 is 0. The van der Waals surface area contributed by atoms with Gasteiger partial charge in [0.25, 0.3) is 5.69 Å². The predicted octanol–water partition coefficient (Wildman–Crippen LogP) is 3.76. The second kappa shape index (κ2) is 5.89. The predicted molar refractivity (Wildman–Crippen MR) is 87.1 cm³/mol. The number of nitro groups is 1. The van der Waals surface area contributed by atoms with E-state index in [2.05, 4.69) is 10.3 Å². The van der Waals surface area contributed by atoms with Crippen LogP contribution < -0.4 is 5.32 Å². The number of nitrogens with one attached hydrogen (secondary N) is 1. The third-order valence-electron chi connectivity index (χ3n) is 3.68. The van der Waals surface area contributed by atoms with Gasteiger partial charge in [-0.3, -0.25) is 15.1 Å². The maximum atomic E-state index is 11.0. The molecule has 6 heteroatoms. The summed E-state index contributed by atoms with van der Waals surface area (Å²) in [4.78, 5) is 15.0. The Morgan fingerprint density at radius 1 is 1.48 bits per heavy atom. The summed E-state index contributed by atoms with van der Waals surface area (Å²) in [6, 6.07) is 6.79. The molecule has 1 saturated heterocycles. The molecule has 0 bridgehead atoms. The van der Waals surface area contributed by atoms with Gasteiger partial charge in [-0.1, -0.05) is 0 Å². The van der Waals surface area contributed by atoms with Crippen molar-refractivity contribution < 1.29 is 4.92 Å². The first-order valence-corrected chi connectivity index (χ1v) is 8.09. The third kappa shape index (κ3) is 3.10. The van der Waals surface area contributed by atoms with Gasteiger partial charge in [-0.15, -0.1) is 0 Å². The molecule has 21 heavy (non-hydrogen) atoms. The molecule has 110 valence electrons. The van der Waals surface area contributed by atoms with Crippen LogP contribution in [-0.4, -0.2) is 27.5 Å². The summed E-state index contributed by atoms with van der Waals surface area (Å²) in [6.07, 6.45) is 2.51. The number of hydrogen-bond donors (Lipinski definition) is 1. The van der Waals surface area contributed by atoms with Gasteiger partial charge in [0.05, 0.1) is 10.4 Å². The van der Waals surface area contributed by atoms with E-state index in [1.54, 1.807) is 12.1 Å². The number of nitrogens with zero attached hydrogens (tertiary/aromatic N) is 2. The van der Waals surface area contributed by atoms with Gasteiger partial charge >= 0.3 is 0 Å². The summed E-state index contributed by atoms with van der Waals surface area (Å²) in [7, 11) is 0. The van der Waals surface area contributed by atoms with Gasteiger partial charge in [0.2, 0.25) is 0 Å². The van der Waals surface area contributed by atoms with Crippen molar-refractivity contribution >= 4 is 34.0 Å². The molecule has 1 N–H and O–H groups in total. The van der Waals surface area contributed by atoms with Crippen LogP contribution in [0.2, 0.25) is 0 Å². The minimum absolute atomic E-state index is 0.103. The van der Waals surface area contributed by atoms with Crippen molar-refractivity contribution in [3.05, 3.63) is 40.1 Å². The molecule has 5 nitrogen and oxygen atoms in total. The van der Waals surface area contributed by atoms with Crippen molar-refractivity contribution in [2.75, 3.05) is 17.6 Å². The van der Waals surface area contributed by atoms with E-state index in [1.807, 2.05) is 24.8 Å². The van der Waals surface area contributed by atoms with Gasteiger partial charge in [0.15, 0.2) is 0 Å². The van der Waals surface area contributed by atoms with Gasteiger partial charge in [-0.05, 0) is 37.7 Å². The number of nitro benzene ring substituents is 1. The van der Waals surface area contributed by atoms with Crippen molar-refractivity contribution in [3.8, 4) is 0 Å². The number of pyridine rings is 1. The third-order valence-corrected chi connectivity index (χ3v) is 5.07. The zero-order valence-corrected chi connectivity index (χ0v) is 12.7. The van der Waals surface area contributed by atoms with Crippen LogP contribution in [0.5, 0.6) is 0 Å². The molecule has 1 aromatic carbocycles. The maximum Gasteiger partial charge on any atom is 0.270 e. The molecule has 2 heterocycles. The average Bonchev–Trinajstić information content (AvgIpc) is 2.97. The van der Waals surface area contributed by atoms with Crippen LogP contribution in [0.4, 0.5) is 11.4 Å². The Kier molecular flexibility index (Phi) is 3.96. The van der Waals surface area contributed by atoms with Crippen LogP contribution in [0.3, 0.4) is 0 Å². The number of aryl methyl sites for hydroxylation is 1. The molecule has 1 aliphatic rings. The van der Waals surface area contributed by atoms with E-state index >= 15 is 0 Å². The van der Waals surface area contributed by atoms with Crippen molar-refractivity contribution in [2.45, 2.75) is 25.0 Å². The van der Waals surface area contributed by atoms with E-state index in [1.165, 1.54) is 24.7 Å². The Balaban J connectivity index is 1.94. The lowest BCUT2D eigenvalue weighted by Gasteiger charge is -2.14. The Bertz CT molecular complexity index is 684. The highest BCUT2D eigenvalue weighted by atomic mass is 32.2. The fourth-order valence-electron chi connectivity index (χ4n) is 2.64. The molecule has 1 unspecified atom stereocenters. The molecule has 1 atom stereocenters. The molecule has 0 radical (unpaired) electrons. The summed E-state index contributed by atoms with van der Waals surface area (Å²) >= 11 is 1.99. The zero-order chi connectivity index (χ0) is 14.8.